The number of aromatic nitrogens is 3. The van der Waals surface area contributed by atoms with Crippen molar-refractivity contribution in [1.29, 1.82) is 0 Å². The topological polar surface area (TPSA) is 95.9 Å². The molecule has 6 heteroatoms. The van der Waals surface area contributed by atoms with Crippen LogP contribution in [0.25, 0.3) is 0 Å². The second kappa shape index (κ2) is 5.10. The van der Waals surface area contributed by atoms with Crippen LogP contribution in [0, 0.1) is 0 Å². The Morgan fingerprint density at radius 3 is 2.36 bits per heavy atom. The molecule has 0 aliphatic carbocycles. The summed E-state index contributed by atoms with van der Waals surface area (Å²) in [6.07, 6.45) is 2.35. The fourth-order valence-electron chi connectivity index (χ4n) is 0.249. The van der Waals surface area contributed by atoms with Gasteiger partial charge in [-0.1, -0.05) is 0 Å². The summed E-state index contributed by atoms with van der Waals surface area (Å²) in [5.41, 5.74) is -0.227. The molecule has 1 rings (SSSR count). The SMILES string of the molecule is CC(=O)O.O=c1cnnc[nH]1. The fraction of sp³-hybridized carbons (Fsp3) is 0.200. The summed E-state index contributed by atoms with van der Waals surface area (Å²) in [7, 11) is 0. The monoisotopic (exact) mass is 157 g/mol. The molecule has 11 heavy (non-hydrogen) atoms. The van der Waals surface area contributed by atoms with E-state index in [0.717, 1.165) is 13.1 Å². The summed E-state index contributed by atoms with van der Waals surface area (Å²) in [5, 5.41) is 14.0. The van der Waals surface area contributed by atoms with Crippen molar-refractivity contribution in [3.8, 4) is 0 Å². The number of nitrogens with one attached hydrogen (secondary N) is 1. The molecule has 0 aromatic carbocycles. The fourth-order valence-corrected chi connectivity index (χ4v) is 0.249. The van der Waals surface area contributed by atoms with Gasteiger partial charge >= 0.3 is 0 Å². The Hall–Kier alpha value is -1.72. The molecular weight excluding hydrogens is 150 g/mol. The molecule has 0 radical (unpaired) electrons. The van der Waals surface area contributed by atoms with E-state index >= 15 is 0 Å². The van der Waals surface area contributed by atoms with Gasteiger partial charge < -0.3 is 10.1 Å². The van der Waals surface area contributed by atoms with Crippen molar-refractivity contribution in [1.82, 2.24) is 15.2 Å². The third-order valence-electron chi connectivity index (χ3n) is 0.506. The van der Waals surface area contributed by atoms with Gasteiger partial charge in [0.15, 0.2) is 0 Å². The predicted octanol–water partition coefficient (Wildman–Crippen LogP) is -0.744. The molecule has 0 atom stereocenters. The molecule has 0 spiro atoms. The number of carbonyl (C=O) groups is 1. The average Bonchev–Trinajstić information content (AvgIpc) is 1.87. The predicted molar refractivity (Wildman–Crippen MR) is 36.0 cm³/mol. The van der Waals surface area contributed by atoms with E-state index in [9.17, 15) is 4.79 Å². The molecule has 0 amide bonds. The maximum Gasteiger partial charge on any atom is 0.300 e. The van der Waals surface area contributed by atoms with Crippen molar-refractivity contribution >= 4 is 5.97 Å². The molecular formula is C5H7N3O3. The normalized spacial score (nSPS) is 7.73. The Bertz CT molecular complexity index is 248. The van der Waals surface area contributed by atoms with Crippen molar-refractivity contribution < 1.29 is 9.90 Å². The largest absolute Gasteiger partial charge is 0.481 e. The molecule has 0 fully saturated rings. The third-order valence-corrected chi connectivity index (χ3v) is 0.506. The summed E-state index contributed by atoms with van der Waals surface area (Å²) in [4.78, 5) is 21.4. The number of aromatic amines is 1. The lowest BCUT2D eigenvalue weighted by atomic mass is 10.9. The number of carboxylic acids is 1. The van der Waals surface area contributed by atoms with E-state index in [4.69, 9.17) is 9.90 Å². The quantitative estimate of drug-likeness (QED) is 0.516. The Morgan fingerprint density at radius 1 is 1.64 bits per heavy atom. The molecule has 2 N–H and O–H groups in total. The highest BCUT2D eigenvalue weighted by Crippen LogP contribution is 1.48. The van der Waals surface area contributed by atoms with Crippen LogP contribution in [0.15, 0.2) is 17.3 Å². The first-order chi connectivity index (χ1) is 5.13. The summed E-state index contributed by atoms with van der Waals surface area (Å²) in [5.74, 6) is -0.833. The maximum atomic E-state index is 10.1. The van der Waals surface area contributed by atoms with Gasteiger partial charge in [-0.2, -0.15) is 5.10 Å². The van der Waals surface area contributed by atoms with Gasteiger partial charge in [-0.15, -0.1) is 5.10 Å². The van der Waals surface area contributed by atoms with Crippen LogP contribution in [0.1, 0.15) is 6.92 Å². The highest BCUT2D eigenvalue weighted by atomic mass is 16.4. The number of nitrogens with zero attached hydrogens (tertiary/aromatic N) is 2. The van der Waals surface area contributed by atoms with Crippen molar-refractivity contribution in [2.24, 2.45) is 0 Å². The second-order valence-electron chi connectivity index (χ2n) is 1.52. The minimum Gasteiger partial charge on any atom is -0.481 e. The van der Waals surface area contributed by atoms with Crippen molar-refractivity contribution in [2.75, 3.05) is 0 Å². The summed E-state index contributed by atoms with van der Waals surface area (Å²) in [6.45, 7) is 1.08. The maximum absolute atomic E-state index is 10.1. The van der Waals surface area contributed by atoms with Crippen LogP contribution in [-0.2, 0) is 4.79 Å². The summed E-state index contributed by atoms with van der Waals surface area (Å²) in [6, 6.07) is 0. The Morgan fingerprint density at radius 2 is 2.18 bits per heavy atom. The van der Waals surface area contributed by atoms with Gasteiger partial charge in [0.05, 0.1) is 0 Å². The van der Waals surface area contributed by atoms with E-state index in [1.165, 1.54) is 6.33 Å². The minimum absolute atomic E-state index is 0.227. The van der Waals surface area contributed by atoms with Crippen LogP contribution in [0.3, 0.4) is 0 Å². The average molecular weight is 157 g/mol. The first-order valence-corrected chi connectivity index (χ1v) is 2.68. The van der Waals surface area contributed by atoms with E-state index in [-0.39, 0.29) is 5.56 Å². The van der Waals surface area contributed by atoms with E-state index in [1.54, 1.807) is 0 Å². The molecule has 0 unspecified atom stereocenters. The van der Waals surface area contributed by atoms with Gasteiger partial charge in [-0.05, 0) is 0 Å². The van der Waals surface area contributed by atoms with Crippen LogP contribution in [-0.4, -0.2) is 26.3 Å². The van der Waals surface area contributed by atoms with Gasteiger partial charge in [0.25, 0.3) is 11.5 Å². The van der Waals surface area contributed by atoms with Crippen molar-refractivity contribution in [3.63, 3.8) is 0 Å². The number of aliphatic carboxylic acids is 1. The molecule has 1 heterocycles. The number of hydrogen-bond acceptors (Lipinski definition) is 4. The highest BCUT2D eigenvalue weighted by Gasteiger charge is 1.71. The van der Waals surface area contributed by atoms with Crippen LogP contribution >= 0.6 is 0 Å². The minimum atomic E-state index is -0.833. The summed E-state index contributed by atoms with van der Waals surface area (Å²) < 4.78 is 0. The van der Waals surface area contributed by atoms with Crippen LogP contribution in [0.5, 0.6) is 0 Å². The standard InChI is InChI=1S/C3H3N3O.C2H4O2/c7-3-1-5-6-2-4-3;1-2(3)4/h1-2H,(H,4,6,7);1H3,(H,3,4). The first kappa shape index (κ1) is 9.28. The van der Waals surface area contributed by atoms with E-state index in [0.29, 0.717) is 0 Å². The Labute approximate surface area is 61.9 Å². The molecule has 6 nitrogen and oxygen atoms in total. The zero-order valence-electron chi connectivity index (χ0n) is 5.81. The lowest BCUT2D eigenvalue weighted by Gasteiger charge is -1.72. The number of carboxylic acid groups (broad SMARTS) is 1. The molecule has 1 aromatic heterocycles. The van der Waals surface area contributed by atoms with Crippen LogP contribution in [0.4, 0.5) is 0 Å². The number of H-pyrrole nitrogens is 1. The van der Waals surface area contributed by atoms with Crippen molar-refractivity contribution in [2.45, 2.75) is 6.92 Å². The van der Waals surface area contributed by atoms with Crippen molar-refractivity contribution in [3.05, 3.63) is 22.9 Å². The molecule has 0 aliphatic rings. The zero-order valence-corrected chi connectivity index (χ0v) is 5.81. The Kier molecular flexibility index (Phi) is 4.30. The van der Waals surface area contributed by atoms with Gasteiger partial charge in [0.2, 0.25) is 0 Å². The molecule has 1 aromatic rings. The van der Waals surface area contributed by atoms with Crippen LogP contribution in [0.2, 0.25) is 0 Å². The van der Waals surface area contributed by atoms with Gasteiger partial charge in [0.1, 0.15) is 12.5 Å². The second-order valence-corrected chi connectivity index (χ2v) is 1.52. The van der Waals surface area contributed by atoms with E-state index in [2.05, 4.69) is 15.2 Å². The van der Waals surface area contributed by atoms with E-state index < -0.39 is 5.97 Å². The lowest BCUT2D eigenvalue weighted by Crippen LogP contribution is -2.03. The van der Waals surface area contributed by atoms with Gasteiger partial charge in [0, 0.05) is 6.92 Å². The molecule has 0 saturated carbocycles. The highest BCUT2D eigenvalue weighted by molar-refractivity contribution is 5.62. The zero-order chi connectivity index (χ0) is 8.69. The van der Waals surface area contributed by atoms with Crippen LogP contribution < -0.4 is 5.56 Å². The van der Waals surface area contributed by atoms with Gasteiger partial charge in [-0.3, -0.25) is 9.59 Å². The lowest BCUT2D eigenvalue weighted by molar-refractivity contribution is -0.134. The summed E-state index contributed by atoms with van der Waals surface area (Å²) >= 11 is 0. The molecule has 60 valence electrons. The van der Waals surface area contributed by atoms with Gasteiger partial charge in [-0.25, -0.2) is 0 Å². The molecule has 0 saturated heterocycles. The number of rotatable bonds is 0. The number of hydrogen-bond donors (Lipinski definition) is 2. The Balaban J connectivity index is 0.000000218. The first-order valence-electron chi connectivity index (χ1n) is 2.68. The third kappa shape index (κ3) is 8.28. The van der Waals surface area contributed by atoms with E-state index in [1.807, 2.05) is 0 Å². The molecule has 0 bridgehead atoms. The smallest absolute Gasteiger partial charge is 0.300 e. The molecule has 0 aliphatic heterocycles.